The molecular formula is C18H25N3O2. The summed E-state index contributed by atoms with van der Waals surface area (Å²) in [5, 5.41) is 14.8. The van der Waals surface area contributed by atoms with Crippen molar-refractivity contribution in [2.24, 2.45) is 0 Å². The van der Waals surface area contributed by atoms with E-state index in [1.807, 2.05) is 23.0 Å². The Bertz CT molecular complexity index is 627. The van der Waals surface area contributed by atoms with Gasteiger partial charge in [0.2, 0.25) is 0 Å². The lowest BCUT2D eigenvalue weighted by molar-refractivity contribution is -0.0486. The van der Waals surface area contributed by atoms with Crippen LogP contribution in [0.4, 0.5) is 0 Å². The van der Waals surface area contributed by atoms with Crippen LogP contribution >= 0.6 is 0 Å². The number of aliphatic hydroxyl groups is 1. The van der Waals surface area contributed by atoms with Gasteiger partial charge in [-0.15, -0.1) is 0 Å². The van der Waals surface area contributed by atoms with E-state index < -0.39 is 6.10 Å². The second-order valence-corrected chi connectivity index (χ2v) is 6.34. The van der Waals surface area contributed by atoms with Gasteiger partial charge in [-0.3, -0.25) is 9.58 Å². The number of nitrogens with zero attached hydrogens (tertiary/aromatic N) is 3. The van der Waals surface area contributed by atoms with E-state index in [1.54, 1.807) is 6.20 Å². The summed E-state index contributed by atoms with van der Waals surface area (Å²) in [6.45, 7) is 7.95. The molecule has 0 aliphatic carbocycles. The molecule has 1 aromatic heterocycles. The number of hydrogen-bond acceptors (Lipinski definition) is 4. The molecular weight excluding hydrogens is 290 g/mol. The third-order valence-corrected chi connectivity index (χ3v) is 4.52. The first-order valence-electron chi connectivity index (χ1n) is 8.18. The Hall–Kier alpha value is -1.69. The maximum absolute atomic E-state index is 10.5. The first-order chi connectivity index (χ1) is 11.1. The van der Waals surface area contributed by atoms with E-state index in [2.05, 4.69) is 36.0 Å². The van der Waals surface area contributed by atoms with E-state index in [9.17, 15) is 5.11 Å². The highest BCUT2D eigenvalue weighted by Gasteiger charge is 2.23. The molecule has 2 atom stereocenters. The zero-order valence-corrected chi connectivity index (χ0v) is 13.9. The Kier molecular flexibility index (Phi) is 5.10. The van der Waals surface area contributed by atoms with Crippen LogP contribution in [-0.2, 0) is 11.3 Å². The Balaban J connectivity index is 1.57. The highest BCUT2D eigenvalue weighted by Crippen LogP contribution is 2.19. The molecule has 0 radical (unpaired) electrons. The molecule has 1 N–H and O–H groups in total. The predicted molar refractivity (Wildman–Crippen MR) is 89.3 cm³/mol. The molecule has 5 heteroatoms. The summed E-state index contributed by atoms with van der Waals surface area (Å²) in [6, 6.07) is 8.11. The fourth-order valence-corrected chi connectivity index (χ4v) is 3.00. The van der Waals surface area contributed by atoms with Crippen LogP contribution in [0.2, 0.25) is 0 Å². The maximum Gasteiger partial charge on any atom is 0.0917 e. The van der Waals surface area contributed by atoms with Crippen LogP contribution in [-0.4, -0.2) is 52.1 Å². The zero-order valence-electron chi connectivity index (χ0n) is 13.9. The third kappa shape index (κ3) is 4.19. The summed E-state index contributed by atoms with van der Waals surface area (Å²) >= 11 is 0. The van der Waals surface area contributed by atoms with Crippen molar-refractivity contribution in [3.8, 4) is 0 Å². The highest BCUT2D eigenvalue weighted by molar-refractivity contribution is 5.31. The van der Waals surface area contributed by atoms with Crippen LogP contribution < -0.4 is 0 Å². The van der Waals surface area contributed by atoms with Gasteiger partial charge in [-0.25, -0.2) is 0 Å². The number of benzene rings is 1. The lowest BCUT2D eigenvalue weighted by Gasteiger charge is -2.34. The molecule has 2 aromatic rings. The zero-order chi connectivity index (χ0) is 16.2. The van der Waals surface area contributed by atoms with Crippen LogP contribution in [0, 0.1) is 13.8 Å². The van der Waals surface area contributed by atoms with Crippen molar-refractivity contribution in [1.82, 2.24) is 14.7 Å². The molecule has 1 aromatic carbocycles. The number of hydrogen-bond donors (Lipinski definition) is 1. The lowest BCUT2D eigenvalue weighted by atomic mass is 10.0. The number of rotatable bonds is 5. The molecule has 0 unspecified atom stereocenters. The van der Waals surface area contributed by atoms with Crippen molar-refractivity contribution >= 4 is 0 Å². The van der Waals surface area contributed by atoms with E-state index >= 15 is 0 Å². The molecule has 23 heavy (non-hydrogen) atoms. The largest absolute Gasteiger partial charge is 0.387 e. The van der Waals surface area contributed by atoms with Crippen molar-refractivity contribution in [1.29, 1.82) is 0 Å². The molecule has 2 heterocycles. The molecule has 3 rings (SSSR count). The fourth-order valence-electron chi connectivity index (χ4n) is 3.00. The summed E-state index contributed by atoms with van der Waals surface area (Å²) in [5.74, 6) is 0. The number of morpholine rings is 1. The topological polar surface area (TPSA) is 50.5 Å². The Morgan fingerprint density at radius 2 is 2.22 bits per heavy atom. The highest BCUT2D eigenvalue weighted by atomic mass is 16.5. The van der Waals surface area contributed by atoms with Crippen molar-refractivity contribution in [3.05, 3.63) is 53.3 Å². The average Bonchev–Trinajstić information content (AvgIpc) is 3.03. The first kappa shape index (κ1) is 16.2. The van der Waals surface area contributed by atoms with Gasteiger partial charge >= 0.3 is 0 Å². The third-order valence-electron chi connectivity index (χ3n) is 4.52. The van der Waals surface area contributed by atoms with Gasteiger partial charge < -0.3 is 9.84 Å². The number of ether oxygens (including phenoxy) is 1. The molecule has 0 amide bonds. The Morgan fingerprint density at radius 3 is 2.96 bits per heavy atom. The van der Waals surface area contributed by atoms with Crippen molar-refractivity contribution in [3.63, 3.8) is 0 Å². The van der Waals surface area contributed by atoms with Gasteiger partial charge in [-0.05, 0) is 36.6 Å². The van der Waals surface area contributed by atoms with Crippen LogP contribution in [0.25, 0.3) is 0 Å². The predicted octanol–water partition coefficient (Wildman–Crippen LogP) is 1.93. The van der Waals surface area contributed by atoms with Gasteiger partial charge in [0.25, 0.3) is 0 Å². The summed E-state index contributed by atoms with van der Waals surface area (Å²) in [5.41, 5.74) is 3.47. The monoisotopic (exact) mass is 315 g/mol. The molecule has 1 aliphatic heterocycles. The van der Waals surface area contributed by atoms with Gasteiger partial charge in [-0.1, -0.05) is 18.2 Å². The number of β-amino-alcohol motifs (C(OH)–C–C–N with tert-alkyl or cyclic N) is 1. The van der Waals surface area contributed by atoms with Crippen molar-refractivity contribution in [2.45, 2.75) is 32.6 Å². The van der Waals surface area contributed by atoms with Gasteiger partial charge in [0.15, 0.2) is 0 Å². The van der Waals surface area contributed by atoms with Gasteiger partial charge in [0.1, 0.15) is 0 Å². The molecule has 124 valence electrons. The van der Waals surface area contributed by atoms with Crippen molar-refractivity contribution in [2.75, 3.05) is 26.2 Å². The summed E-state index contributed by atoms with van der Waals surface area (Å²) in [7, 11) is 0. The van der Waals surface area contributed by atoms with E-state index in [0.29, 0.717) is 13.2 Å². The summed E-state index contributed by atoms with van der Waals surface area (Å²) in [4.78, 5) is 2.28. The first-order valence-corrected chi connectivity index (χ1v) is 8.18. The molecule has 1 saturated heterocycles. The van der Waals surface area contributed by atoms with Crippen molar-refractivity contribution < 1.29 is 9.84 Å². The van der Waals surface area contributed by atoms with Crippen LogP contribution in [0.3, 0.4) is 0 Å². The van der Waals surface area contributed by atoms with Crippen LogP contribution in [0.1, 0.15) is 22.8 Å². The molecule has 0 bridgehead atoms. The Morgan fingerprint density at radius 1 is 1.35 bits per heavy atom. The van der Waals surface area contributed by atoms with E-state index in [1.165, 1.54) is 11.1 Å². The minimum absolute atomic E-state index is 0.121. The quantitative estimate of drug-likeness (QED) is 0.916. The lowest BCUT2D eigenvalue weighted by Crippen LogP contribution is -2.45. The summed E-state index contributed by atoms with van der Waals surface area (Å²) < 4.78 is 7.72. The maximum atomic E-state index is 10.5. The molecule has 0 spiro atoms. The van der Waals surface area contributed by atoms with Gasteiger partial charge in [-0.2, -0.15) is 5.10 Å². The number of aliphatic hydroxyl groups excluding tert-OH is 1. The van der Waals surface area contributed by atoms with Crippen LogP contribution in [0.5, 0.6) is 0 Å². The molecule has 1 aliphatic rings. The smallest absolute Gasteiger partial charge is 0.0917 e. The van der Waals surface area contributed by atoms with E-state index in [-0.39, 0.29) is 6.10 Å². The average molecular weight is 315 g/mol. The molecule has 5 nitrogen and oxygen atoms in total. The standard InChI is InChI=1S/C18H25N3O2/c1-14-4-5-16(10-15(14)2)18(22)13-20-8-9-23-17(11-20)12-21-7-3-6-19-21/h3-7,10,17-18,22H,8-9,11-13H2,1-2H3/t17-,18+/m1/s1. The van der Waals surface area contributed by atoms with Gasteiger partial charge in [0, 0.05) is 32.0 Å². The number of aromatic nitrogens is 2. The molecule has 1 fully saturated rings. The van der Waals surface area contributed by atoms with E-state index in [0.717, 1.165) is 25.2 Å². The van der Waals surface area contributed by atoms with Gasteiger partial charge in [0.05, 0.1) is 25.4 Å². The van der Waals surface area contributed by atoms with E-state index in [4.69, 9.17) is 4.74 Å². The SMILES string of the molecule is Cc1ccc([C@@H](O)CN2CCO[C@@H](Cn3cccn3)C2)cc1C. The normalized spacial score (nSPS) is 20.6. The fraction of sp³-hybridized carbons (Fsp3) is 0.500. The molecule has 0 saturated carbocycles. The minimum Gasteiger partial charge on any atom is -0.387 e. The van der Waals surface area contributed by atoms with Crippen LogP contribution in [0.15, 0.2) is 36.7 Å². The number of aryl methyl sites for hydroxylation is 2. The summed E-state index contributed by atoms with van der Waals surface area (Å²) in [6.07, 6.45) is 3.39. The minimum atomic E-state index is -0.460. The second kappa shape index (κ2) is 7.25. The second-order valence-electron chi connectivity index (χ2n) is 6.34. The Labute approximate surface area is 137 Å².